The van der Waals surface area contributed by atoms with Gasteiger partial charge in [-0.1, -0.05) is 18.7 Å². The molecule has 0 N–H and O–H groups in total. The van der Waals surface area contributed by atoms with Crippen molar-refractivity contribution >= 4 is 17.7 Å². The maximum atomic E-state index is 11.2. The Balaban J connectivity index is 2.47. The number of hydrogen-bond donors (Lipinski definition) is 0. The van der Waals surface area contributed by atoms with Crippen LogP contribution < -0.4 is 4.74 Å². The third-order valence-corrected chi connectivity index (χ3v) is 2.81. The van der Waals surface area contributed by atoms with Gasteiger partial charge < -0.3 is 9.47 Å². The minimum Gasteiger partial charge on any atom is -0.427 e. The largest absolute Gasteiger partial charge is 0.427 e. The molecule has 0 saturated heterocycles. The second-order valence-corrected chi connectivity index (χ2v) is 4.24. The highest BCUT2D eigenvalue weighted by Gasteiger charge is 2.02. The first-order valence-corrected chi connectivity index (χ1v) is 6.17. The molecular weight excluding hydrogens is 224 g/mol. The van der Waals surface area contributed by atoms with Crippen LogP contribution >= 0.6 is 11.8 Å². The summed E-state index contributed by atoms with van der Waals surface area (Å²) in [5, 5.41) is 0. The van der Waals surface area contributed by atoms with E-state index in [9.17, 15) is 4.79 Å². The average molecular weight is 240 g/mol. The highest BCUT2D eigenvalue weighted by molar-refractivity contribution is 7.99. The molecule has 0 aliphatic carbocycles. The Morgan fingerprint density at radius 2 is 2.00 bits per heavy atom. The number of ether oxygens (including phenoxy) is 2. The smallest absolute Gasteiger partial charge is 0.311 e. The maximum absolute atomic E-state index is 11.2. The van der Waals surface area contributed by atoms with Gasteiger partial charge in [0.2, 0.25) is 0 Å². The SMILES string of the molecule is CCCC(=O)Oc1ccc(SCOC)cc1. The molecule has 0 atom stereocenters. The molecule has 0 fully saturated rings. The van der Waals surface area contributed by atoms with Gasteiger partial charge in [-0.25, -0.2) is 0 Å². The van der Waals surface area contributed by atoms with Crippen molar-refractivity contribution in [1.82, 2.24) is 0 Å². The highest BCUT2D eigenvalue weighted by atomic mass is 32.2. The van der Waals surface area contributed by atoms with Gasteiger partial charge >= 0.3 is 5.97 Å². The first-order valence-electron chi connectivity index (χ1n) is 5.18. The normalized spacial score (nSPS) is 10.1. The lowest BCUT2D eigenvalue weighted by Crippen LogP contribution is -2.06. The van der Waals surface area contributed by atoms with Crippen LogP contribution in [-0.4, -0.2) is 19.0 Å². The molecule has 0 heterocycles. The van der Waals surface area contributed by atoms with Crippen LogP contribution in [0.4, 0.5) is 0 Å². The summed E-state index contributed by atoms with van der Waals surface area (Å²) in [5.74, 6) is 1.04. The molecule has 1 rings (SSSR count). The lowest BCUT2D eigenvalue weighted by molar-refractivity contribution is -0.134. The van der Waals surface area contributed by atoms with E-state index in [0.29, 0.717) is 18.1 Å². The Kier molecular flexibility index (Phi) is 5.96. The van der Waals surface area contributed by atoms with E-state index in [1.807, 2.05) is 19.1 Å². The molecule has 4 heteroatoms. The molecule has 16 heavy (non-hydrogen) atoms. The van der Waals surface area contributed by atoms with Crippen LogP contribution in [0, 0.1) is 0 Å². The molecule has 1 aromatic carbocycles. The molecular formula is C12H16O3S. The van der Waals surface area contributed by atoms with E-state index in [-0.39, 0.29) is 5.97 Å². The van der Waals surface area contributed by atoms with Crippen molar-refractivity contribution < 1.29 is 14.3 Å². The number of carbonyl (C=O) groups is 1. The number of hydrogen-bond acceptors (Lipinski definition) is 4. The fourth-order valence-corrected chi connectivity index (χ4v) is 1.70. The molecule has 0 unspecified atom stereocenters. The minimum atomic E-state index is -0.181. The summed E-state index contributed by atoms with van der Waals surface area (Å²) in [6.07, 6.45) is 1.26. The summed E-state index contributed by atoms with van der Waals surface area (Å²) < 4.78 is 10.1. The van der Waals surface area contributed by atoms with Crippen molar-refractivity contribution in [3.8, 4) is 5.75 Å². The van der Waals surface area contributed by atoms with E-state index in [1.165, 1.54) is 0 Å². The fraction of sp³-hybridized carbons (Fsp3) is 0.417. The van der Waals surface area contributed by atoms with Crippen LogP contribution in [0.3, 0.4) is 0 Å². The van der Waals surface area contributed by atoms with Crippen molar-refractivity contribution in [1.29, 1.82) is 0 Å². The number of benzene rings is 1. The van der Waals surface area contributed by atoms with Gasteiger partial charge in [0, 0.05) is 18.4 Å². The molecule has 3 nitrogen and oxygen atoms in total. The van der Waals surface area contributed by atoms with E-state index in [1.54, 1.807) is 31.0 Å². The monoisotopic (exact) mass is 240 g/mol. The van der Waals surface area contributed by atoms with Crippen LogP contribution in [0.2, 0.25) is 0 Å². The van der Waals surface area contributed by atoms with Crippen molar-refractivity contribution in [2.45, 2.75) is 24.7 Å². The van der Waals surface area contributed by atoms with Crippen LogP contribution in [0.5, 0.6) is 5.75 Å². The van der Waals surface area contributed by atoms with Gasteiger partial charge in [-0.3, -0.25) is 4.79 Å². The number of carbonyl (C=O) groups excluding carboxylic acids is 1. The Labute approximate surface area is 100 Å². The molecule has 0 aliphatic heterocycles. The van der Waals surface area contributed by atoms with Gasteiger partial charge in [0.1, 0.15) is 5.75 Å². The lowest BCUT2D eigenvalue weighted by Gasteiger charge is -2.04. The lowest BCUT2D eigenvalue weighted by atomic mass is 10.3. The van der Waals surface area contributed by atoms with Crippen LogP contribution in [0.1, 0.15) is 19.8 Å². The zero-order chi connectivity index (χ0) is 11.8. The first-order chi connectivity index (χ1) is 7.76. The van der Waals surface area contributed by atoms with Gasteiger partial charge in [-0.15, -0.1) is 0 Å². The highest BCUT2D eigenvalue weighted by Crippen LogP contribution is 2.21. The summed E-state index contributed by atoms with van der Waals surface area (Å²) in [4.78, 5) is 12.3. The van der Waals surface area contributed by atoms with Crippen LogP contribution in [0.25, 0.3) is 0 Å². The third-order valence-electron chi connectivity index (χ3n) is 1.85. The second kappa shape index (κ2) is 7.30. The van der Waals surface area contributed by atoms with Gasteiger partial charge in [-0.2, -0.15) is 0 Å². The molecule has 0 bridgehead atoms. The number of thioether (sulfide) groups is 1. The standard InChI is InChI=1S/C12H16O3S/c1-3-4-12(13)15-10-5-7-11(8-6-10)16-9-14-2/h5-8H,3-4,9H2,1-2H3. The Hall–Kier alpha value is -1.00. The number of esters is 1. The average Bonchev–Trinajstić information content (AvgIpc) is 2.28. The molecule has 0 spiro atoms. The van der Waals surface area contributed by atoms with Crippen molar-refractivity contribution in [2.75, 3.05) is 13.0 Å². The summed E-state index contributed by atoms with van der Waals surface area (Å²) in [6, 6.07) is 7.42. The van der Waals surface area contributed by atoms with E-state index in [0.717, 1.165) is 11.3 Å². The fourth-order valence-electron chi connectivity index (χ4n) is 1.12. The van der Waals surface area contributed by atoms with E-state index in [4.69, 9.17) is 9.47 Å². The van der Waals surface area contributed by atoms with Gasteiger partial charge in [0.05, 0.1) is 5.94 Å². The quantitative estimate of drug-likeness (QED) is 0.331. The number of methoxy groups -OCH3 is 1. The third kappa shape index (κ3) is 4.68. The van der Waals surface area contributed by atoms with Gasteiger partial charge in [0.15, 0.2) is 0 Å². The predicted octanol–water partition coefficient (Wildman–Crippen LogP) is 3.09. The second-order valence-electron chi connectivity index (χ2n) is 3.25. The first kappa shape index (κ1) is 13.1. The molecule has 88 valence electrons. The van der Waals surface area contributed by atoms with Crippen LogP contribution in [-0.2, 0) is 9.53 Å². The van der Waals surface area contributed by atoms with Gasteiger partial charge in [0.25, 0.3) is 0 Å². The van der Waals surface area contributed by atoms with Crippen molar-refractivity contribution in [3.63, 3.8) is 0 Å². The summed E-state index contributed by atoms with van der Waals surface area (Å²) in [6.45, 7) is 1.95. The molecule has 0 aliphatic rings. The minimum absolute atomic E-state index is 0.181. The Morgan fingerprint density at radius 3 is 2.56 bits per heavy atom. The summed E-state index contributed by atoms with van der Waals surface area (Å²) in [5.41, 5.74) is 0. The molecule has 1 aromatic rings. The van der Waals surface area contributed by atoms with Crippen molar-refractivity contribution in [3.05, 3.63) is 24.3 Å². The summed E-state index contributed by atoms with van der Waals surface area (Å²) >= 11 is 1.60. The number of rotatable bonds is 6. The molecule has 0 radical (unpaired) electrons. The predicted molar refractivity (Wildman–Crippen MR) is 64.7 cm³/mol. The van der Waals surface area contributed by atoms with Crippen LogP contribution in [0.15, 0.2) is 29.2 Å². The van der Waals surface area contributed by atoms with E-state index >= 15 is 0 Å². The molecule has 0 saturated carbocycles. The zero-order valence-corrected chi connectivity index (χ0v) is 10.4. The van der Waals surface area contributed by atoms with Gasteiger partial charge in [-0.05, 0) is 30.7 Å². The van der Waals surface area contributed by atoms with E-state index in [2.05, 4.69) is 0 Å². The van der Waals surface area contributed by atoms with Crippen molar-refractivity contribution in [2.24, 2.45) is 0 Å². The van der Waals surface area contributed by atoms with E-state index < -0.39 is 0 Å². The Morgan fingerprint density at radius 1 is 1.31 bits per heavy atom. The summed E-state index contributed by atoms with van der Waals surface area (Å²) in [7, 11) is 1.66. The molecule has 0 aromatic heterocycles. The Bertz CT molecular complexity index is 322. The zero-order valence-electron chi connectivity index (χ0n) is 9.56. The maximum Gasteiger partial charge on any atom is 0.311 e. The molecule has 0 amide bonds. The topological polar surface area (TPSA) is 35.5 Å².